The fraction of sp³-hybridized carbons (Fsp3) is 0.714. The lowest BCUT2D eigenvalue weighted by Crippen LogP contribution is -2.07. The molecule has 0 saturated heterocycles. The van der Waals surface area contributed by atoms with Crippen LogP contribution in [0.2, 0.25) is 0 Å². The first-order chi connectivity index (χ1) is 7.70. The van der Waals surface area contributed by atoms with Crippen molar-refractivity contribution in [1.29, 1.82) is 0 Å². The average Bonchev–Trinajstić information content (AvgIpc) is 2.26. The molecule has 0 heterocycles. The predicted molar refractivity (Wildman–Crippen MR) is 67.4 cm³/mol. The van der Waals surface area contributed by atoms with E-state index >= 15 is 0 Å². The molecule has 0 unspecified atom stereocenters. The van der Waals surface area contributed by atoms with Gasteiger partial charge in [-0.25, -0.2) is 0 Å². The number of hydrogen-bond donors (Lipinski definition) is 0. The van der Waals surface area contributed by atoms with Gasteiger partial charge in [0.25, 0.3) is 0 Å². The Morgan fingerprint density at radius 3 is 2.19 bits per heavy atom. The highest BCUT2D eigenvalue weighted by Gasteiger charge is 2.08. The van der Waals surface area contributed by atoms with Crippen LogP contribution in [0.1, 0.15) is 65.2 Å². The zero-order chi connectivity index (χ0) is 12.2. The Morgan fingerprint density at radius 1 is 1.00 bits per heavy atom. The maximum absolute atomic E-state index is 11.4. The topological polar surface area (TPSA) is 34.1 Å². The third-order valence-corrected chi connectivity index (χ3v) is 2.52. The summed E-state index contributed by atoms with van der Waals surface area (Å²) in [7, 11) is 0. The third-order valence-electron chi connectivity index (χ3n) is 2.52. The van der Waals surface area contributed by atoms with Gasteiger partial charge in [0.2, 0.25) is 0 Å². The molecule has 0 amide bonds. The van der Waals surface area contributed by atoms with E-state index < -0.39 is 0 Å². The molecular weight excluding hydrogens is 200 g/mol. The molecule has 16 heavy (non-hydrogen) atoms. The van der Waals surface area contributed by atoms with Crippen LogP contribution in [0.4, 0.5) is 0 Å². The minimum absolute atomic E-state index is 0.111. The van der Waals surface area contributed by atoms with Crippen LogP contribution in [-0.2, 0) is 9.59 Å². The first-order valence-electron chi connectivity index (χ1n) is 6.35. The minimum Gasteiger partial charge on any atom is -0.299 e. The van der Waals surface area contributed by atoms with Gasteiger partial charge in [-0.15, -0.1) is 0 Å². The molecule has 0 aliphatic carbocycles. The Labute approximate surface area is 99.1 Å². The van der Waals surface area contributed by atoms with Crippen molar-refractivity contribution in [2.24, 2.45) is 0 Å². The third kappa shape index (κ3) is 9.63. The number of carbonyl (C=O) groups excluding carboxylic acids is 2. The highest BCUT2D eigenvalue weighted by Crippen LogP contribution is 2.06. The van der Waals surface area contributed by atoms with Crippen molar-refractivity contribution >= 4 is 11.6 Å². The smallest absolute Gasteiger partial charge is 0.140 e. The van der Waals surface area contributed by atoms with Crippen LogP contribution < -0.4 is 0 Å². The van der Waals surface area contributed by atoms with Crippen molar-refractivity contribution in [2.45, 2.75) is 65.2 Å². The molecule has 0 fully saturated rings. The van der Waals surface area contributed by atoms with E-state index in [9.17, 15) is 9.59 Å². The Balaban J connectivity index is 3.47. The monoisotopic (exact) mass is 224 g/mol. The lowest BCUT2D eigenvalue weighted by molar-refractivity contribution is -0.127. The summed E-state index contributed by atoms with van der Waals surface area (Å²) >= 11 is 0. The Hall–Kier alpha value is -0.920. The summed E-state index contributed by atoms with van der Waals surface area (Å²) < 4.78 is 0. The SMILES string of the molecule is CC=CCCCCC(=O)CC(=O)CCCC. The predicted octanol–water partition coefficient (Wildman–Crippen LogP) is 3.84. The molecule has 2 heteroatoms. The molecule has 92 valence electrons. The molecule has 0 aromatic rings. The van der Waals surface area contributed by atoms with E-state index in [-0.39, 0.29) is 18.0 Å². The van der Waals surface area contributed by atoms with Crippen molar-refractivity contribution in [3.63, 3.8) is 0 Å². The number of Topliss-reactive ketones (excluding diaryl/α,β-unsaturated/α-hetero) is 2. The van der Waals surface area contributed by atoms with E-state index in [2.05, 4.69) is 13.0 Å². The second-order valence-corrected chi connectivity index (χ2v) is 4.17. The van der Waals surface area contributed by atoms with Gasteiger partial charge in [0.1, 0.15) is 11.6 Å². The molecule has 0 aromatic carbocycles. The lowest BCUT2D eigenvalue weighted by atomic mass is 10.0. The fourth-order valence-electron chi connectivity index (χ4n) is 1.52. The van der Waals surface area contributed by atoms with Gasteiger partial charge in [0.15, 0.2) is 0 Å². The maximum atomic E-state index is 11.4. The summed E-state index contributed by atoms with van der Waals surface area (Å²) in [6, 6.07) is 0. The fourth-order valence-corrected chi connectivity index (χ4v) is 1.52. The Kier molecular flexibility index (Phi) is 9.98. The van der Waals surface area contributed by atoms with Crippen LogP contribution in [-0.4, -0.2) is 11.6 Å². The number of carbonyl (C=O) groups is 2. The molecule has 0 radical (unpaired) electrons. The van der Waals surface area contributed by atoms with Crippen LogP contribution in [0.3, 0.4) is 0 Å². The molecule has 0 N–H and O–H groups in total. The van der Waals surface area contributed by atoms with Crippen LogP contribution in [0.15, 0.2) is 12.2 Å². The van der Waals surface area contributed by atoms with E-state index in [1.165, 1.54) is 0 Å². The Bertz CT molecular complexity index is 229. The molecule has 0 spiro atoms. The molecule has 0 rings (SSSR count). The second-order valence-electron chi connectivity index (χ2n) is 4.17. The number of unbranched alkanes of at least 4 members (excludes halogenated alkanes) is 3. The summed E-state index contributed by atoms with van der Waals surface area (Å²) in [6.07, 6.45) is 10.3. The summed E-state index contributed by atoms with van der Waals surface area (Å²) in [5.74, 6) is 0.224. The highest BCUT2D eigenvalue weighted by molar-refractivity contribution is 5.98. The molecule has 0 saturated carbocycles. The summed E-state index contributed by atoms with van der Waals surface area (Å²) in [5.41, 5.74) is 0. The van der Waals surface area contributed by atoms with E-state index in [0.29, 0.717) is 12.8 Å². The van der Waals surface area contributed by atoms with E-state index in [1.807, 2.05) is 13.0 Å². The van der Waals surface area contributed by atoms with Crippen molar-refractivity contribution in [3.8, 4) is 0 Å². The van der Waals surface area contributed by atoms with E-state index in [4.69, 9.17) is 0 Å². The van der Waals surface area contributed by atoms with Crippen molar-refractivity contribution in [2.75, 3.05) is 0 Å². The van der Waals surface area contributed by atoms with Gasteiger partial charge < -0.3 is 0 Å². The minimum atomic E-state index is 0.111. The molecule has 0 bridgehead atoms. The second kappa shape index (κ2) is 10.6. The largest absolute Gasteiger partial charge is 0.299 e. The average molecular weight is 224 g/mol. The van der Waals surface area contributed by atoms with Crippen LogP contribution in [0.5, 0.6) is 0 Å². The van der Waals surface area contributed by atoms with Gasteiger partial charge in [0.05, 0.1) is 6.42 Å². The number of rotatable bonds is 10. The van der Waals surface area contributed by atoms with Crippen molar-refractivity contribution < 1.29 is 9.59 Å². The molecule has 0 aliphatic heterocycles. The van der Waals surface area contributed by atoms with E-state index in [0.717, 1.165) is 32.1 Å². The zero-order valence-electron chi connectivity index (χ0n) is 10.6. The van der Waals surface area contributed by atoms with Gasteiger partial charge in [-0.2, -0.15) is 0 Å². The zero-order valence-corrected chi connectivity index (χ0v) is 10.6. The van der Waals surface area contributed by atoms with Gasteiger partial charge in [0, 0.05) is 12.8 Å². The summed E-state index contributed by atoms with van der Waals surface area (Å²) in [4.78, 5) is 22.7. The maximum Gasteiger partial charge on any atom is 0.140 e. The molecule has 2 nitrogen and oxygen atoms in total. The van der Waals surface area contributed by atoms with E-state index in [1.54, 1.807) is 0 Å². The quantitative estimate of drug-likeness (QED) is 0.321. The van der Waals surface area contributed by atoms with Crippen LogP contribution in [0, 0.1) is 0 Å². The highest BCUT2D eigenvalue weighted by atomic mass is 16.1. The number of allylic oxidation sites excluding steroid dienone is 2. The summed E-state index contributed by atoms with van der Waals surface area (Å²) in [5, 5.41) is 0. The molecule has 0 aliphatic rings. The normalized spacial score (nSPS) is 10.9. The van der Waals surface area contributed by atoms with Crippen molar-refractivity contribution in [3.05, 3.63) is 12.2 Å². The van der Waals surface area contributed by atoms with Crippen LogP contribution >= 0.6 is 0 Å². The van der Waals surface area contributed by atoms with Crippen molar-refractivity contribution in [1.82, 2.24) is 0 Å². The lowest BCUT2D eigenvalue weighted by Gasteiger charge is -2.00. The number of hydrogen-bond acceptors (Lipinski definition) is 2. The van der Waals surface area contributed by atoms with Gasteiger partial charge >= 0.3 is 0 Å². The van der Waals surface area contributed by atoms with Gasteiger partial charge in [-0.05, 0) is 32.6 Å². The van der Waals surface area contributed by atoms with Crippen LogP contribution in [0.25, 0.3) is 0 Å². The Morgan fingerprint density at radius 2 is 1.62 bits per heavy atom. The summed E-state index contributed by atoms with van der Waals surface area (Å²) in [6.45, 7) is 4.05. The van der Waals surface area contributed by atoms with Gasteiger partial charge in [-0.1, -0.05) is 25.5 Å². The number of ketones is 2. The van der Waals surface area contributed by atoms with Gasteiger partial charge in [-0.3, -0.25) is 9.59 Å². The standard InChI is InChI=1S/C14H24O2/c1-3-5-7-8-9-11-14(16)12-13(15)10-6-4-2/h3,5H,4,6-12H2,1-2H3. The first-order valence-corrected chi connectivity index (χ1v) is 6.35. The molecular formula is C14H24O2. The molecule has 0 atom stereocenters. The first kappa shape index (κ1) is 15.1. The molecule has 0 aromatic heterocycles.